The zero-order chi connectivity index (χ0) is 15.5. The molecule has 0 spiro atoms. The Morgan fingerprint density at radius 3 is 2.68 bits per heavy atom. The highest BCUT2D eigenvalue weighted by Gasteiger charge is 2.19. The third kappa shape index (κ3) is 3.00. The van der Waals surface area contributed by atoms with Gasteiger partial charge >= 0.3 is 0 Å². The molecule has 3 aromatic rings. The van der Waals surface area contributed by atoms with E-state index in [4.69, 9.17) is 16.3 Å². The summed E-state index contributed by atoms with van der Waals surface area (Å²) in [6, 6.07) is 11.2. The van der Waals surface area contributed by atoms with Crippen LogP contribution < -0.4 is 5.32 Å². The first-order valence-electron chi connectivity index (χ1n) is 6.77. The number of ether oxygens (including phenoxy) is 1. The highest BCUT2D eigenvalue weighted by atomic mass is 35.5. The van der Waals surface area contributed by atoms with Crippen molar-refractivity contribution in [3.8, 4) is 0 Å². The fourth-order valence-corrected chi connectivity index (χ4v) is 2.44. The molecule has 0 radical (unpaired) electrons. The minimum atomic E-state index is -0.136. The van der Waals surface area contributed by atoms with Crippen LogP contribution >= 0.6 is 11.6 Å². The zero-order valence-electron chi connectivity index (χ0n) is 12.1. The van der Waals surface area contributed by atoms with E-state index < -0.39 is 0 Å². The first-order chi connectivity index (χ1) is 10.7. The van der Waals surface area contributed by atoms with Gasteiger partial charge in [0.05, 0.1) is 6.04 Å². The first-order valence-corrected chi connectivity index (χ1v) is 7.15. The van der Waals surface area contributed by atoms with Crippen LogP contribution in [0.3, 0.4) is 0 Å². The van der Waals surface area contributed by atoms with Crippen molar-refractivity contribution in [2.24, 2.45) is 0 Å². The Kier molecular flexibility index (Phi) is 4.17. The van der Waals surface area contributed by atoms with E-state index in [0.717, 1.165) is 5.56 Å². The van der Waals surface area contributed by atoms with Crippen LogP contribution in [0.4, 0.5) is 5.82 Å². The topological polar surface area (TPSA) is 77.2 Å². The van der Waals surface area contributed by atoms with Crippen LogP contribution in [0.2, 0.25) is 5.02 Å². The number of tetrazole rings is 1. The van der Waals surface area contributed by atoms with Crippen molar-refractivity contribution in [3.05, 3.63) is 47.0 Å². The SMILES string of the molecule is COC(c1ccc(Cl)cc1)C(C)Nc1ccc2nnnn2n1. The number of fused-ring (bicyclic) bond motifs is 1. The zero-order valence-corrected chi connectivity index (χ0v) is 12.9. The minimum Gasteiger partial charge on any atom is -0.375 e. The van der Waals surface area contributed by atoms with Crippen LogP contribution in [0, 0.1) is 0 Å². The van der Waals surface area contributed by atoms with Gasteiger partial charge in [0.15, 0.2) is 5.65 Å². The molecular formula is C14H15ClN6O. The van der Waals surface area contributed by atoms with Crippen LogP contribution in [-0.4, -0.2) is 38.4 Å². The van der Waals surface area contributed by atoms with Crippen LogP contribution in [0.5, 0.6) is 0 Å². The van der Waals surface area contributed by atoms with Crippen molar-refractivity contribution >= 4 is 23.1 Å². The molecule has 8 heteroatoms. The Labute approximate surface area is 132 Å². The Bertz CT molecular complexity index is 759. The Morgan fingerprint density at radius 1 is 1.18 bits per heavy atom. The maximum absolute atomic E-state index is 5.93. The van der Waals surface area contributed by atoms with Gasteiger partial charge < -0.3 is 10.1 Å². The number of rotatable bonds is 5. The van der Waals surface area contributed by atoms with Gasteiger partial charge in [-0.15, -0.1) is 14.8 Å². The van der Waals surface area contributed by atoms with E-state index in [0.29, 0.717) is 16.5 Å². The average molecular weight is 319 g/mol. The fraction of sp³-hybridized carbons (Fsp3) is 0.286. The number of nitrogens with zero attached hydrogens (tertiary/aromatic N) is 5. The Balaban J connectivity index is 1.78. The summed E-state index contributed by atoms with van der Waals surface area (Å²) in [5, 5.41) is 19.5. The van der Waals surface area contributed by atoms with Gasteiger partial charge in [-0.25, -0.2) is 0 Å². The highest BCUT2D eigenvalue weighted by Crippen LogP contribution is 2.24. The Morgan fingerprint density at radius 2 is 1.95 bits per heavy atom. The van der Waals surface area contributed by atoms with Crippen LogP contribution in [0.25, 0.3) is 5.65 Å². The second kappa shape index (κ2) is 6.25. The van der Waals surface area contributed by atoms with Gasteiger partial charge in [-0.05, 0) is 47.2 Å². The van der Waals surface area contributed by atoms with Gasteiger partial charge in [-0.3, -0.25) is 0 Å². The number of hydrogen-bond acceptors (Lipinski definition) is 6. The maximum Gasteiger partial charge on any atom is 0.200 e. The van der Waals surface area contributed by atoms with Crippen molar-refractivity contribution in [1.29, 1.82) is 0 Å². The second-order valence-electron chi connectivity index (χ2n) is 4.89. The van der Waals surface area contributed by atoms with Crippen LogP contribution in [0.1, 0.15) is 18.6 Å². The molecule has 0 fully saturated rings. The molecule has 2 unspecified atom stereocenters. The average Bonchev–Trinajstić information content (AvgIpc) is 2.97. The number of anilines is 1. The molecule has 2 aromatic heterocycles. The molecule has 0 aliphatic heterocycles. The normalized spacial score (nSPS) is 14.0. The van der Waals surface area contributed by atoms with Crippen molar-refractivity contribution in [1.82, 2.24) is 25.3 Å². The molecule has 0 amide bonds. The van der Waals surface area contributed by atoms with Gasteiger partial charge in [-0.2, -0.15) is 0 Å². The summed E-state index contributed by atoms with van der Waals surface area (Å²) in [5.41, 5.74) is 1.63. The molecule has 0 saturated heterocycles. The van der Waals surface area contributed by atoms with E-state index >= 15 is 0 Å². The number of aromatic nitrogens is 5. The molecule has 2 heterocycles. The second-order valence-corrected chi connectivity index (χ2v) is 5.32. The predicted octanol–water partition coefficient (Wildman–Crippen LogP) is 2.36. The molecule has 0 aliphatic carbocycles. The highest BCUT2D eigenvalue weighted by molar-refractivity contribution is 6.30. The van der Waals surface area contributed by atoms with Crippen LogP contribution in [-0.2, 0) is 4.74 Å². The van der Waals surface area contributed by atoms with Gasteiger partial charge in [0.1, 0.15) is 11.9 Å². The lowest BCUT2D eigenvalue weighted by molar-refractivity contribution is 0.0906. The molecule has 7 nitrogen and oxygen atoms in total. The largest absolute Gasteiger partial charge is 0.375 e. The van der Waals surface area contributed by atoms with E-state index in [9.17, 15) is 0 Å². The standard InChI is InChI=1S/C14H15ClN6O/c1-9(14(22-2)10-3-5-11(15)6-4-10)16-12-7-8-13-17-19-20-21(13)18-12/h3-9,14H,1-2H3,(H,16,18). The number of hydrogen-bond donors (Lipinski definition) is 1. The third-order valence-corrected chi connectivity index (χ3v) is 3.60. The number of halogens is 1. The molecule has 0 saturated carbocycles. The Hall–Kier alpha value is -2.25. The molecule has 0 bridgehead atoms. The van der Waals surface area contributed by atoms with E-state index in [-0.39, 0.29) is 12.1 Å². The van der Waals surface area contributed by atoms with Crippen molar-refractivity contribution in [2.45, 2.75) is 19.1 Å². The van der Waals surface area contributed by atoms with Crippen LogP contribution in [0.15, 0.2) is 36.4 Å². The summed E-state index contributed by atoms with van der Waals surface area (Å²) in [6.45, 7) is 2.02. The maximum atomic E-state index is 5.93. The third-order valence-electron chi connectivity index (χ3n) is 3.35. The van der Waals surface area contributed by atoms with Crippen molar-refractivity contribution < 1.29 is 4.74 Å². The van der Waals surface area contributed by atoms with E-state index in [1.54, 1.807) is 13.2 Å². The lowest BCUT2D eigenvalue weighted by Gasteiger charge is -2.24. The van der Waals surface area contributed by atoms with Gasteiger partial charge in [0.25, 0.3) is 0 Å². The summed E-state index contributed by atoms with van der Waals surface area (Å²) in [6.07, 6.45) is -0.136. The summed E-state index contributed by atoms with van der Waals surface area (Å²) < 4.78 is 6.98. The summed E-state index contributed by atoms with van der Waals surface area (Å²) in [7, 11) is 1.68. The van der Waals surface area contributed by atoms with Crippen molar-refractivity contribution in [2.75, 3.05) is 12.4 Å². The van der Waals surface area contributed by atoms with E-state index in [1.165, 1.54) is 4.63 Å². The number of nitrogens with one attached hydrogen (secondary N) is 1. The molecule has 22 heavy (non-hydrogen) atoms. The molecule has 114 valence electrons. The van der Waals surface area contributed by atoms with E-state index in [2.05, 4.69) is 25.9 Å². The smallest absolute Gasteiger partial charge is 0.200 e. The molecular weight excluding hydrogens is 304 g/mol. The lowest BCUT2D eigenvalue weighted by atomic mass is 10.0. The number of benzene rings is 1. The monoisotopic (exact) mass is 318 g/mol. The number of methoxy groups -OCH3 is 1. The van der Waals surface area contributed by atoms with E-state index in [1.807, 2.05) is 37.3 Å². The fourth-order valence-electron chi connectivity index (χ4n) is 2.32. The quantitative estimate of drug-likeness (QED) is 0.778. The van der Waals surface area contributed by atoms with Gasteiger partial charge in [-0.1, -0.05) is 23.7 Å². The first kappa shape index (κ1) is 14.7. The van der Waals surface area contributed by atoms with Crippen molar-refractivity contribution in [3.63, 3.8) is 0 Å². The summed E-state index contributed by atoms with van der Waals surface area (Å²) in [5.74, 6) is 0.670. The van der Waals surface area contributed by atoms with Gasteiger partial charge in [0.2, 0.25) is 0 Å². The predicted molar refractivity (Wildman–Crippen MR) is 82.9 cm³/mol. The molecule has 1 N–H and O–H groups in total. The summed E-state index contributed by atoms with van der Waals surface area (Å²) in [4.78, 5) is 0. The molecule has 3 rings (SSSR count). The van der Waals surface area contributed by atoms with Gasteiger partial charge in [0, 0.05) is 12.1 Å². The minimum absolute atomic E-state index is 0.00685. The molecule has 2 atom stereocenters. The summed E-state index contributed by atoms with van der Waals surface area (Å²) >= 11 is 5.93. The molecule has 0 aliphatic rings. The lowest BCUT2D eigenvalue weighted by Crippen LogP contribution is -2.26. The molecule has 1 aromatic carbocycles.